The van der Waals surface area contributed by atoms with Gasteiger partial charge in [0.15, 0.2) is 0 Å². The molecule has 7 nitrogen and oxygen atoms in total. The van der Waals surface area contributed by atoms with E-state index in [-0.39, 0.29) is 17.9 Å². The van der Waals surface area contributed by atoms with E-state index in [2.05, 4.69) is 5.32 Å². The number of benzene rings is 2. The second-order valence-corrected chi connectivity index (χ2v) is 7.10. The molecule has 0 bridgehead atoms. The number of alkyl halides is 3. The molecule has 180 valence electrons. The van der Waals surface area contributed by atoms with E-state index in [4.69, 9.17) is 19.6 Å². The van der Waals surface area contributed by atoms with Gasteiger partial charge in [-0.05, 0) is 37.1 Å². The van der Waals surface area contributed by atoms with Crippen molar-refractivity contribution in [2.45, 2.75) is 32.4 Å². The number of carbonyl (C=O) groups excluding carboxylic acids is 1. The molecule has 2 aromatic carbocycles. The number of phenolic OH excluding ortho intramolecular Hbond substituents is 1. The number of esters is 1. The summed E-state index contributed by atoms with van der Waals surface area (Å²) in [7, 11) is 2.73. The maximum Gasteiger partial charge on any atom is 0.433 e. The number of phenols is 1. The minimum Gasteiger partial charge on any atom is -0.507 e. The zero-order chi connectivity index (χ0) is 24.6. The second kappa shape index (κ2) is 11.4. The van der Waals surface area contributed by atoms with Gasteiger partial charge in [0.2, 0.25) is 0 Å². The number of halogens is 3. The summed E-state index contributed by atoms with van der Waals surface area (Å²) in [6, 6.07) is 7.36. The van der Waals surface area contributed by atoms with Crippen molar-refractivity contribution < 1.29 is 37.3 Å². The maximum absolute atomic E-state index is 12.9. The molecular weight excluding hydrogens is 441 g/mol. The van der Waals surface area contributed by atoms with Crippen molar-refractivity contribution >= 4 is 17.4 Å². The van der Waals surface area contributed by atoms with Gasteiger partial charge in [-0.25, -0.2) is 4.79 Å². The molecule has 0 aliphatic rings. The first kappa shape index (κ1) is 25.8. The van der Waals surface area contributed by atoms with Gasteiger partial charge in [-0.3, -0.25) is 5.41 Å². The first-order chi connectivity index (χ1) is 15.6. The van der Waals surface area contributed by atoms with Crippen LogP contribution in [0.25, 0.3) is 0 Å². The van der Waals surface area contributed by atoms with Gasteiger partial charge in [0, 0.05) is 29.4 Å². The van der Waals surface area contributed by atoms with Gasteiger partial charge in [-0.15, -0.1) is 0 Å². The summed E-state index contributed by atoms with van der Waals surface area (Å²) >= 11 is 0. The molecule has 3 N–H and O–H groups in total. The molecule has 0 radical (unpaired) electrons. The SMILES string of the molecule is CCCc1c(OCCCNc2ccc(C(=O)OC)c(OC)c2)ccc(C(=N)C(F)(F)F)c1O. The smallest absolute Gasteiger partial charge is 0.433 e. The molecule has 10 heteroatoms. The highest BCUT2D eigenvalue weighted by Crippen LogP contribution is 2.36. The minimum atomic E-state index is -4.85. The molecule has 0 saturated carbocycles. The van der Waals surface area contributed by atoms with E-state index in [1.54, 1.807) is 18.2 Å². The molecule has 0 atom stereocenters. The van der Waals surface area contributed by atoms with E-state index in [1.807, 2.05) is 6.92 Å². The lowest BCUT2D eigenvalue weighted by Crippen LogP contribution is -2.23. The van der Waals surface area contributed by atoms with Crippen LogP contribution in [0.15, 0.2) is 30.3 Å². The summed E-state index contributed by atoms with van der Waals surface area (Å²) in [6.07, 6.45) is -3.41. The fraction of sp³-hybridized carbons (Fsp3) is 0.391. The van der Waals surface area contributed by atoms with Crippen LogP contribution in [-0.2, 0) is 11.2 Å². The van der Waals surface area contributed by atoms with Crippen LogP contribution in [0.5, 0.6) is 17.2 Å². The largest absolute Gasteiger partial charge is 0.507 e. The Balaban J connectivity index is 2.00. The van der Waals surface area contributed by atoms with Crippen LogP contribution in [-0.4, -0.2) is 50.3 Å². The lowest BCUT2D eigenvalue weighted by molar-refractivity contribution is -0.0588. The molecule has 2 rings (SSSR count). The Bertz CT molecular complexity index is 993. The fourth-order valence-electron chi connectivity index (χ4n) is 3.17. The Labute approximate surface area is 190 Å². The maximum atomic E-state index is 12.9. The van der Waals surface area contributed by atoms with Crippen molar-refractivity contribution in [1.29, 1.82) is 5.41 Å². The molecule has 0 unspecified atom stereocenters. The molecule has 0 saturated heterocycles. The molecule has 0 amide bonds. The zero-order valence-corrected chi connectivity index (χ0v) is 18.6. The van der Waals surface area contributed by atoms with Gasteiger partial charge < -0.3 is 24.6 Å². The number of hydrogen-bond donors (Lipinski definition) is 3. The van der Waals surface area contributed by atoms with Crippen molar-refractivity contribution in [2.24, 2.45) is 0 Å². The van der Waals surface area contributed by atoms with Crippen LogP contribution >= 0.6 is 0 Å². The van der Waals surface area contributed by atoms with Gasteiger partial charge in [-0.2, -0.15) is 13.2 Å². The lowest BCUT2D eigenvalue weighted by atomic mass is 10.00. The number of ether oxygens (including phenoxy) is 3. The summed E-state index contributed by atoms with van der Waals surface area (Å²) in [5, 5.41) is 20.8. The first-order valence-electron chi connectivity index (χ1n) is 10.3. The van der Waals surface area contributed by atoms with Crippen molar-refractivity contribution in [3.05, 3.63) is 47.0 Å². The average molecular weight is 468 g/mol. The molecule has 0 aliphatic heterocycles. The van der Waals surface area contributed by atoms with E-state index in [0.717, 1.165) is 11.8 Å². The number of methoxy groups -OCH3 is 2. The topological polar surface area (TPSA) is 101 Å². The first-order valence-corrected chi connectivity index (χ1v) is 10.3. The van der Waals surface area contributed by atoms with Crippen LogP contribution < -0.4 is 14.8 Å². The highest BCUT2D eigenvalue weighted by atomic mass is 19.4. The Hall–Kier alpha value is -3.43. The summed E-state index contributed by atoms with van der Waals surface area (Å²) in [4.78, 5) is 11.7. The Morgan fingerprint density at radius 3 is 2.42 bits per heavy atom. The number of nitrogens with one attached hydrogen (secondary N) is 2. The van der Waals surface area contributed by atoms with E-state index in [9.17, 15) is 23.1 Å². The van der Waals surface area contributed by atoms with Crippen molar-refractivity contribution in [2.75, 3.05) is 32.7 Å². The van der Waals surface area contributed by atoms with Gasteiger partial charge in [0.25, 0.3) is 0 Å². The van der Waals surface area contributed by atoms with Gasteiger partial charge in [-0.1, -0.05) is 13.3 Å². The Morgan fingerprint density at radius 1 is 1.12 bits per heavy atom. The monoisotopic (exact) mass is 468 g/mol. The molecule has 0 fully saturated rings. The third-order valence-corrected chi connectivity index (χ3v) is 4.81. The number of rotatable bonds is 11. The minimum absolute atomic E-state index is 0.247. The van der Waals surface area contributed by atoms with Crippen molar-refractivity contribution in [1.82, 2.24) is 0 Å². The molecular formula is C23H27F3N2O5. The van der Waals surface area contributed by atoms with Gasteiger partial charge in [0.1, 0.15) is 28.5 Å². The predicted octanol–water partition coefficient (Wildman–Crippen LogP) is 4.95. The van der Waals surface area contributed by atoms with Crippen LogP contribution in [0.1, 0.15) is 41.3 Å². The molecule has 33 heavy (non-hydrogen) atoms. The van der Waals surface area contributed by atoms with E-state index < -0.39 is 29.2 Å². The summed E-state index contributed by atoms with van der Waals surface area (Å²) in [6.45, 7) is 2.58. The lowest BCUT2D eigenvalue weighted by Gasteiger charge is -2.17. The van der Waals surface area contributed by atoms with Crippen LogP contribution in [0.4, 0.5) is 18.9 Å². The molecule has 0 spiro atoms. The summed E-state index contributed by atoms with van der Waals surface area (Å²) in [5.74, 6) is -0.425. The third-order valence-electron chi connectivity index (χ3n) is 4.81. The molecule has 2 aromatic rings. The van der Waals surface area contributed by atoms with Crippen LogP contribution in [0.2, 0.25) is 0 Å². The number of carbonyl (C=O) groups is 1. The van der Waals surface area contributed by atoms with Crippen molar-refractivity contribution in [3.63, 3.8) is 0 Å². The van der Waals surface area contributed by atoms with Crippen molar-refractivity contribution in [3.8, 4) is 17.2 Å². The highest BCUT2D eigenvalue weighted by molar-refractivity contribution is 6.04. The molecule has 0 aromatic heterocycles. The normalized spacial score (nSPS) is 11.1. The average Bonchev–Trinajstić information content (AvgIpc) is 2.79. The van der Waals surface area contributed by atoms with E-state index >= 15 is 0 Å². The summed E-state index contributed by atoms with van der Waals surface area (Å²) < 4.78 is 54.3. The van der Waals surface area contributed by atoms with Gasteiger partial charge >= 0.3 is 12.1 Å². The predicted molar refractivity (Wildman–Crippen MR) is 118 cm³/mol. The number of aromatic hydroxyl groups is 1. The van der Waals surface area contributed by atoms with E-state index in [1.165, 1.54) is 20.3 Å². The van der Waals surface area contributed by atoms with Crippen LogP contribution in [0.3, 0.4) is 0 Å². The second-order valence-electron chi connectivity index (χ2n) is 7.10. The number of anilines is 1. The zero-order valence-electron chi connectivity index (χ0n) is 18.6. The van der Waals surface area contributed by atoms with E-state index in [0.29, 0.717) is 37.1 Å². The number of hydrogen-bond acceptors (Lipinski definition) is 7. The Morgan fingerprint density at radius 2 is 1.82 bits per heavy atom. The van der Waals surface area contributed by atoms with Gasteiger partial charge in [0.05, 0.1) is 20.8 Å². The Kier molecular flexibility index (Phi) is 8.95. The quantitative estimate of drug-likeness (QED) is 0.245. The summed E-state index contributed by atoms with van der Waals surface area (Å²) in [5.41, 5.74) is -0.885. The fourth-order valence-corrected chi connectivity index (χ4v) is 3.17. The molecule has 0 aliphatic carbocycles. The standard InChI is InChI=1S/C23H27F3N2O5/c1-4-6-15-18(10-9-17(20(15)29)21(27)23(24,25)26)33-12-5-11-28-14-7-8-16(22(30)32-3)19(13-14)31-2/h7-10,13,27-29H,4-6,11-12H2,1-3H3. The molecule has 0 heterocycles. The third kappa shape index (κ3) is 6.53. The highest BCUT2D eigenvalue weighted by Gasteiger charge is 2.37. The van der Waals surface area contributed by atoms with Crippen LogP contribution in [0, 0.1) is 5.41 Å².